The molecule has 50 heavy (non-hydrogen) atoms. The van der Waals surface area contributed by atoms with Crippen LogP contribution < -0.4 is 0 Å². The highest BCUT2D eigenvalue weighted by atomic mass is 32.1. The summed E-state index contributed by atoms with van der Waals surface area (Å²) in [6.07, 6.45) is 0. The molecule has 0 fully saturated rings. The molecule has 1 aromatic heterocycles. The van der Waals surface area contributed by atoms with Crippen LogP contribution in [0.5, 0.6) is 0 Å². The molecule has 0 amide bonds. The summed E-state index contributed by atoms with van der Waals surface area (Å²) < 4.78 is 10.7. The number of benzene rings is 9. The molecule has 0 atom stereocenters. The van der Waals surface area contributed by atoms with E-state index in [0.717, 1.165) is 10.8 Å². The average molecular weight is 654 g/mol. The van der Waals surface area contributed by atoms with Gasteiger partial charge in [0.25, 0.3) is 0 Å². The Morgan fingerprint density at radius 1 is 0.420 bits per heavy atom. The van der Waals surface area contributed by atoms with Gasteiger partial charge in [-0.1, -0.05) is 158 Å². The molecule has 0 saturated carbocycles. The molecule has 0 spiro atoms. The summed E-state index contributed by atoms with van der Waals surface area (Å²) >= 11 is 1.90. The molecule has 0 N–H and O–H groups in total. The van der Waals surface area contributed by atoms with Gasteiger partial charge in [0.1, 0.15) is 0 Å². The molecule has 1 heterocycles. The predicted molar refractivity (Wildman–Crippen MR) is 218 cm³/mol. The third-order valence-corrected chi connectivity index (χ3v) is 11.6. The molecular weight excluding hydrogens is 621 g/mol. The minimum Gasteiger partial charge on any atom is -0.135 e. The summed E-state index contributed by atoms with van der Waals surface area (Å²) in [6, 6.07) is 62.2. The first-order chi connectivity index (χ1) is 25.1. The van der Waals surface area contributed by atoms with Crippen LogP contribution in [0.15, 0.2) is 176 Å². The molecule has 0 bridgehead atoms. The minimum atomic E-state index is 0.536. The van der Waals surface area contributed by atoms with Gasteiger partial charge in [0.05, 0.1) is 1.37 Å². The van der Waals surface area contributed by atoms with Crippen LogP contribution >= 0.6 is 11.3 Å². The molecule has 234 valence electrons. The number of hydrogen-bond donors (Lipinski definition) is 0. The van der Waals surface area contributed by atoms with Crippen molar-refractivity contribution in [1.82, 2.24) is 0 Å². The van der Waals surface area contributed by atoms with E-state index in [1.165, 1.54) is 91.8 Å². The molecule has 1 heteroatoms. The fourth-order valence-electron chi connectivity index (χ4n) is 8.04. The zero-order chi connectivity index (χ0) is 34.1. The van der Waals surface area contributed by atoms with Crippen molar-refractivity contribution in [1.29, 1.82) is 0 Å². The lowest BCUT2D eigenvalue weighted by atomic mass is 9.83. The van der Waals surface area contributed by atoms with Crippen molar-refractivity contribution in [3.8, 4) is 44.5 Å². The maximum absolute atomic E-state index is 8.04. The van der Waals surface area contributed by atoms with Crippen molar-refractivity contribution >= 4 is 63.8 Å². The molecule has 0 aliphatic heterocycles. The van der Waals surface area contributed by atoms with E-state index in [1.807, 2.05) is 29.5 Å². The first-order valence-electron chi connectivity index (χ1n) is 17.7. The third kappa shape index (κ3) is 4.51. The van der Waals surface area contributed by atoms with Gasteiger partial charge in [0, 0.05) is 20.2 Å². The molecule has 0 aliphatic carbocycles. The lowest BCUT2D eigenvalue weighted by Gasteiger charge is -2.20. The van der Waals surface area contributed by atoms with Crippen LogP contribution in [0, 0.1) is 6.92 Å². The summed E-state index contributed by atoms with van der Waals surface area (Å²) in [7, 11) is 0. The van der Waals surface area contributed by atoms with Gasteiger partial charge in [-0.15, -0.1) is 11.3 Å². The van der Waals surface area contributed by atoms with E-state index < -0.39 is 0 Å². The van der Waals surface area contributed by atoms with Crippen LogP contribution in [0.1, 0.15) is 6.93 Å². The van der Waals surface area contributed by atoms with Crippen LogP contribution in [-0.2, 0) is 0 Å². The smallest absolute Gasteiger partial charge is 0.0623 e. The van der Waals surface area contributed by atoms with Gasteiger partial charge in [-0.2, -0.15) is 0 Å². The van der Waals surface area contributed by atoms with Crippen molar-refractivity contribution in [2.75, 3.05) is 0 Å². The number of rotatable bonds is 4. The van der Waals surface area contributed by atoms with Gasteiger partial charge < -0.3 is 0 Å². The van der Waals surface area contributed by atoms with Gasteiger partial charge in [-0.05, 0) is 108 Å². The Bertz CT molecular complexity index is 2940. The molecule has 0 nitrogen and oxygen atoms in total. The van der Waals surface area contributed by atoms with Gasteiger partial charge >= 0.3 is 0 Å². The van der Waals surface area contributed by atoms with Crippen molar-refractivity contribution < 1.29 is 1.37 Å². The second-order valence-corrected chi connectivity index (χ2v) is 14.2. The zero-order valence-corrected chi connectivity index (χ0v) is 28.4. The number of hydrogen-bond acceptors (Lipinski definition) is 1. The third-order valence-electron chi connectivity index (χ3n) is 10.3. The van der Waals surface area contributed by atoms with Crippen LogP contribution in [0.25, 0.3) is 97.0 Å². The SMILES string of the molecule is [2H]c1ccc2cc(-c3cccc(-c4c5ccccc5c(-c5ccccc5-c5cccc6sc7c(C)cccc7c56)c5ccccc45)c3)ccc2c1. The van der Waals surface area contributed by atoms with Gasteiger partial charge in [-0.25, -0.2) is 0 Å². The van der Waals surface area contributed by atoms with Crippen molar-refractivity contribution in [2.45, 2.75) is 6.92 Å². The predicted octanol–water partition coefficient (Wildman–Crippen LogP) is 14.5. The van der Waals surface area contributed by atoms with E-state index in [4.69, 9.17) is 1.37 Å². The fourth-order valence-corrected chi connectivity index (χ4v) is 9.24. The lowest BCUT2D eigenvalue weighted by Crippen LogP contribution is -1.93. The van der Waals surface area contributed by atoms with Crippen molar-refractivity contribution in [3.05, 3.63) is 181 Å². The molecular formula is C49H32S. The first-order valence-corrected chi connectivity index (χ1v) is 18.0. The van der Waals surface area contributed by atoms with Gasteiger partial charge in [0.2, 0.25) is 0 Å². The van der Waals surface area contributed by atoms with Crippen LogP contribution in [0.2, 0.25) is 0 Å². The fraction of sp³-hybridized carbons (Fsp3) is 0.0204. The topological polar surface area (TPSA) is 0 Å². The second-order valence-electron chi connectivity index (χ2n) is 13.2. The lowest BCUT2D eigenvalue weighted by molar-refractivity contribution is 1.56. The van der Waals surface area contributed by atoms with E-state index in [-0.39, 0.29) is 0 Å². The molecule has 0 radical (unpaired) electrons. The molecule has 10 rings (SSSR count). The normalized spacial score (nSPS) is 12.0. The second kappa shape index (κ2) is 11.6. The summed E-state index contributed by atoms with van der Waals surface area (Å²) in [4.78, 5) is 0. The minimum absolute atomic E-state index is 0.536. The molecule has 9 aromatic carbocycles. The van der Waals surface area contributed by atoms with E-state index in [2.05, 4.69) is 159 Å². The standard InChI is InChI=1S/C49H32S/c1-31-13-10-25-44-48-39(24-12-26-45(48)50-49(31)44)37-18-4-5-19-38(37)47-42-22-8-6-20-40(42)46(41-21-7-9-23-43(41)47)36-17-11-16-34(30-36)35-28-27-32-14-2-3-15-33(32)29-35/h2-30H,1H3/i2D. The number of thiophene rings is 1. The Morgan fingerprint density at radius 3 is 1.84 bits per heavy atom. The highest BCUT2D eigenvalue weighted by molar-refractivity contribution is 7.26. The Labute approximate surface area is 296 Å². The number of fused-ring (bicyclic) bond motifs is 6. The Morgan fingerprint density at radius 2 is 1.04 bits per heavy atom. The Kier molecular flexibility index (Phi) is 6.44. The Balaban J connectivity index is 1.22. The van der Waals surface area contributed by atoms with E-state index >= 15 is 0 Å². The van der Waals surface area contributed by atoms with E-state index in [0.29, 0.717) is 6.04 Å². The molecule has 0 unspecified atom stereocenters. The van der Waals surface area contributed by atoms with Crippen molar-refractivity contribution in [3.63, 3.8) is 0 Å². The van der Waals surface area contributed by atoms with E-state index in [9.17, 15) is 0 Å². The highest BCUT2D eigenvalue weighted by Gasteiger charge is 2.21. The monoisotopic (exact) mass is 653 g/mol. The molecule has 10 aromatic rings. The maximum Gasteiger partial charge on any atom is 0.0623 e. The zero-order valence-electron chi connectivity index (χ0n) is 28.6. The van der Waals surface area contributed by atoms with Gasteiger partial charge in [0.15, 0.2) is 0 Å². The van der Waals surface area contributed by atoms with Crippen LogP contribution in [-0.4, -0.2) is 0 Å². The maximum atomic E-state index is 8.04. The summed E-state index contributed by atoms with van der Waals surface area (Å²) in [5, 5.41) is 9.90. The quantitative estimate of drug-likeness (QED) is 0.166. The molecule has 0 aliphatic rings. The molecule has 0 saturated heterocycles. The average Bonchev–Trinajstić information content (AvgIpc) is 3.57. The Hall–Kier alpha value is -6.02. The first kappa shape index (κ1) is 27.9. The van der Waals surface area contributed by atoms with Gasteiger partial charge in [-0.3, -0.25) is 0 Å². The summed E-state index contributed by atoms with van der Waals surface area (Å²) in [6.45, 7) is 2.22. The highest BCUT2D eigenvalue weighted by Crippen LogP contribution is 2.48. The van der Waals surface area contributed by atoms with Crippen LogP contribution in [0.4, 0.5) is 0 Å². The van der Waals surface area contributed by atoms with E-state index in [1.54, 1.807) is 0 Å². The van der Waals surface area contributed by atoms with Crippen LogP contribution in [0.3, 0.4) is 0 Å². The summed E-state index contributed by atoms with van der Waals surface area (Å²) in [5.74, 6) is 0. The summed E-state index contributed by atoms with van der Waals surface area (Å²) in [5.41, 5.74) is 11.2. The largest absolute Gasteiger partial charge is 0.135 e. The number of aryl methyl sites for hydroxylation is 1. The van der Waals surface area contributed by atoms with Crippen molar-refractivity contribution in [2.24, 2.45) is 0 Å².